The van der Waals surface area contributed by atoms with E-state index in [1.807, 2.05) is 0 Å². The van der Waals surface area contributed by atoms with Crippen LogP contribution in [0.3, 0.4) is 0 Å². The van der Waals surface area contributed by atoms with Gasteiger partial charge >= 0.3 is 0 Å². The quantitative estimate of drug-likeness (QED) is 0.827. The molecule has 2 rings (SSSR count). The van der Waals surface area contributed by atoms with Crippen LogP contribution in [0.4, 0.5) is 0 Å². The summed E-state index contributed by atoms with van der Waals surface area (Å²) in [5.41, 5.74) is 0. The monoisotopic (exact) mass is 244 g/mol. The number of ether oxygens (including phenoxy) is 2. The second-order valence-corrected chi connectivity index (χ2v) is 3.74. The van der Waals surface area contributed by atoms with E-state index >= 15 is 0 Å². The second kappa shape index (κ2) is 3.55. The number of benzene rings is 1. The van der Waals surface area contributed by atoms with E-state index in [0.29, 0.717) is 6.61 Å². The van der Waals surface area contributed by atoms with Gasteiger partial charge in [0.1, 0.15) is 24.2 Å². The summed E-state index contributed by atoms with van der Waals surface area (Å²) in [6.07, 6.45) is 0.251. The molecule has 0 aliphatic carbocycles. The van der Waals surface area contributed by atoms with E-state index in [-0.39, 0.29) is 11.9 Å². The van der Waals surface area contributed by atoms with Crippen LogP contribution in [0.15, 0.2) is 22.7 Å². The van der Waals surface area contributed by atoms with Crippen LogP contribution in [0.5, 0.6) is 11.5 Å². The lowest BCUT2D eigenvalue weighted by atomic mass is 10.3. The molecule has 1 unspecified atom stereocenters. The van der Waals surface area contributed by atoms with E-state index in [0.717, 1.165) is 16.8 Å². The van der Waals surface area contributed by atoms with Crippen molar-refractivity contribution in [3.8, 4) is 11.5 Å². The third kappa shape index (κ3) is 2.35. The Hall–Kier alpha value is -0.740. The molecule has 1 fully saturated rings. The summed E-state index contributed by atoms with van der Waals surface area (Å²) in [5.74, 6) is 0.954. The molecule has 0 radical (unpaired) electrons. The molecule has 1 aliphatic rings. The molecule has 1 N–H and O–H groups in total. The molecule has 0 aromatic heterocycles. The average molecular weight is 245 g/mol. The van der Waals surface area contributed by atoms with Crippen molar-refractivity contribution in [2.75, 3.05) is 13.2 Å². The van der Waals surface area contributed by atoms with Gasteiger partial charge in [0.2, 0.25) is 0 Å². The summed E-state index contributed by atoms with van der Waals surface area (Å²) in [6, 6.07) is 4.92. The minimum absolute atomic E-state index is 0.224. The van der Waals surface area contributed by atoms with Gasteiger partial charge in [-0.25, -0.2) is 0 Å². The molecule has 70 valence electrons. The van der Waals surface area contributed by atoms with Crippen LogP contribution in [0.1, 0.15) is 0 Å². The molecule has 1 saturated heterocycles. The lowest BCUT2D eigenvalue weighted by Crippen LogP contribution is -2.04. The molecule has 1 heterocycles. The van der Waals surface area contributed by atoms with Crippen molar-refractivity contribution in [1.29, 1.82) is 0 Å². The Morgan fingerprint density at radius 2 is 2.38 bits per heavy atom. The van der Waals surface area contributed by atoms with Crippen LogP contribution < -0.4 is 4.74 Å². The Morgan fingerprint density at radius 3 is 3.00 bits per heavy atom. The van der Waals surface area contributed by atoms with Gasteiger partial charge in [0.15, 0.2) is 0 Å². The number of rotatable bonds is 3. The molecule has 0 saturated carbocycles. The molecule has 0 amide bonds. The fourth-order valence-electron chi connectivity index (χ4n) is 0.954. The summed E-state index contributed by atoms with van der Waals surface area (Å²) in [6.45, 7) is 1.36. The lowest BCUT2D eigenvalue weighted by Gasteiger charge is -2.06. The van der Waals surface area contributed by atoms with Crippen molar-refractivity contribution in [2.24, 2.45) is 0 Å². The summed E-state index contributed by atoms with van der Waals surface area (Å²) < 4.78 is 11.2. The van der Waals surface area contributed by atoms with E-state index in [1.54, 1.807) is 18.2 Å². The molecular formula is C9H9BrO3. The number of halogens is 1. The minimum Gasteiger partial charge on any atom is -0.508 e. The van der Waals surface area contributed by atoms with Crippen molar-refractivity contribution in [1.82, 2.24) is 0 Å². The first-order chi connectivity index (χ1) is 6.25. The van der Waals surface area contributed by atoms with E-state index in [1.165, 1.54) is 0 Å². The maximum Gasteiger partial charge on any atom is 0.133 e. The predicted octanol–water partition coefficient (Wildman–Crippen LogP) is 1.93. The Labute approximate surface area is 84.4 Å². The van der Waals surface area contributed by atoms with Crippen LogP contribution in [-0.4, -0.2) is 24.4 Å². The molecule has 1 aliphatic heterocycles. The zero-order chi connectivity index (χ0) is 9.26. The van der Waals surface area contributed by atoms with Crippen molar-refractivity contribution < 1.29 is 14.6 Å². The van der Waals surface area contributed by atoms with Gasteiger partial charge in [-0.05, 0) is 34.1 Å². The van der Waals surface area contributed by atoms with E-state index < -0.39 is 0 Å². The van der Waals surface area contributed by atoms with Gasteiger partial charge in [-0.2, -0.15) is 0 Å². The van der Waals surface area contributed by atoms with E-state index in [2.05, 4.69) is 15.9 Å². The normalized spacial score (nSPS) is 19.9. The van der Waals surface area contributed by atoms with Gasteiger partial charge < -0.3 is 14.6 Å². The number of aromatic hydroxyl groups is 1. The third-order valence-corrected chi connectivity index (χ3v) is 2.36. The number of phenols is 1. The Balaban J connectivity index is 2.01. The summed E-state index contributed by atoms with van der Waals surface area (Å²) >= 11 is 3.29. The number of epoxide rings is 1. The molecule has 0 bridgehead atoms. The smallest absolute Gasteiger partial charge is 0.133 e. The standard InChI is InChI=1S/C9H9BrO3/c10-8-3-6(11)1-2-9(8)13-5-7-4-12-7/h1-3,7,11H,4-5H2. The summed E-state index contributed by atoms with van der Waals surface area (Å²) in [5, 5.41) is 9.12. The largest absolute Gasteiger partial charge is 0.508 e. The molecular weight excluding hydrogens is 236 g/mol. The van der Waals surface area contributed by atoms with Crippen molar-refractivity contribution in [3.05, 3.63) is 22.7 Å². The predicted molar refractivity (Wildman–Crippen MR) is 51.0 cm³/mol. The first-order valence-electron chi connectivity index (χ1n) is 3.98. The van der Waals surface area contributed by atoms with Crippen molar-refractivity contribution in [3.63, 3.8) is 0 Å². The van der Waals surface area contributed by atoms with Gasteiger partial charge in [0, 0.05) is 0 Å². The number of hydrogen-bond donors (Lipinski definition) is 1. The lowest BCUT2D eigenvalue weighted by molar-refractivity contribution is 0.261. The molecule has 4 heteroatoms. The third-order valence-electron chi connectivity index (χ3n) is 1.74. The Kier molecular flexibility index (Phi) is 2.42. The highest BCUT2D eigenvalue weighted by Crippen LogP contribution is 2.29. The van der Waals surface area contributed by atoms with Crippen molar-refractivity contribution in [2.45, 2.75) is 6.10 Å². The summed E-state index contributed by atoms with van der Waals surface area (Å²) in [4.78, 5) is 0. The van der Waals surface area contributed by atoms with Crippen LogP contribution in [0, 0.1) is 0 Å². The molecule has 1 aromatic rings. The zero-order valence-corrected chi connectivity index (χ0v) is 8.45. The van der Waals surface area contributed by atoms with Gasteiger partial charge in [-0.1, -0.05) is 0 Å². The maximum absolute atomic E-state index is 9.12. The Bertz CT molecular complexity index is 310. The fourth-order valence-corrected chi connectivity index (χ4v) is 1.43. The summed E-state index contributed by atoms with van der Waals surface area (Å²) in [7, 11) is 0. The molecule has 0 spiro atoms. The van der Waals surface area contributed by atoms with Gasteiger partial charge in [-0.3, -0.25) is 0 Å². The highest BCUT2D eigenvalue weighted by molar-refractivity contribution is 9.10. The van der Waals surface area contributed by atoms with E-state index in [9.17, 15) is 0 Å². The van der Waals surface area contributed by atoms with Crippen LogP contribution >= 0.6 is 15.9 Å². The first kappa shape index (κ1) is 8.84. The van der Waals surface area contributed by atoms with Gasteiger partial charge in [0.25, 0.3) is 0 Å². The van der Waals surface area contributed by atoms with E-state index in [4.69, 9.17) is 14.6 Å². The molecule has 3 nitrogen and oxygen atoms in total. The van der Waals surface area contributed by atoms with Crippen molar-refractivity contribution >= 4 is 15.9 Å². The highest BCUT2D eigenvalue weighted by Gasteiger charge is 2.23. The van der Waals surface area contributed by atoms with Gasteiger partial charge in [0.05, 0.1) is 11.1 Å². The fraction of sp³-hybridized carbons (Fsp3) is 0.333. The van der Waals surface area contributed by atoms with Crippen LogP contribution in [0.2, 0.25) is 0 Å². The van der Waals surface area contributed by atoms with Gasteiger partial charge in [-0.15, -0.1) is 0 Å². The molecule has 1 aromatic carbocycles. The SMILES string of the molecule is Oc1ccc(OCC2CO2)c(Br)c1. The number of hydrogen-bond acceptors (Lipinski definition) is 3. The average Bonchev–Trinajstić information content (AvgIpc) is 2.86. The Morgan fingerprint density at radius 1 is 1.62 bits per heavy atom. The van der Waals surface area contributed by atoms with Crippen LogP contribution in [-0.2, 0) is 4.74 Å². The second-order valence-electron chi connectivity index (χ2n) is 2.88. The first-order valence-corrected chi connectivity index (χ1v) is 4.78. The molecule has 13 heavy (non-hydrogen) atoms. The minimum atomic E-state index is 0.224. The highest BCUT2D eigenvalue weighted by atomic mass is 79.9. The van der Waals surface area contributed by atoms with Crippen LogP contribution in [0.25, 0.3) is 0 Å². The zero-order valence-electron chi connectivity index (χ0n) is 6.87. The maximum atomic E-state index is 9.12. The topological polar surface area (TPSA) is 42.0 Å². The number of phenolic OH excluding ortho intramolecular Hbond substituents is 1. The molecule has 1 atom stereocenters.